The molecule has 4 heteroatoms. The lowest BCUT2D eigenvalue weighted by molar-refractivity contribution is -0.151. The van der Waals surface area contributed by atoms with E-state index in [-0.39, 0.29) is 18.3 Å². The van der Waals surface area contributed by atoms with Gasteiger partial charge in [0, 0.05) is 10.9 Å². The van der Waals surface area contributed by atoms with Crippen LogP contribution in [0.1, 0.15) is 36.0 Å². The maximum atomic E-state index is 12.8. The Hall–Kier alpha value is -2.39. The molecule has 0 radical (unpaired) electrons. The Bertz CT molecular complexity index is 852. The molecule has 0 heterocycles. The minimum atomic E-state index is -0.815. The average molecular weight is 369 g/mol. The van der Waals surface area contributed by atoms with Gasteiger partial charge in [-0.2, -0.15) is 0 Å². The fourth-order valence-corrected chi connectivity index (χ4v) is 3.58. The lowest BCUT2D eigenvalue weighted by Crippen LogP contribution is -2.34. The largest absolute Gasteiger partial charge is 0.465 e. The number of allylic oxidation sites excluding steroid dienone is 2. The Labute approximate surface area is 158 Å². The molecule has 0 aromatic heterocycles. The van der Waals surface area contributed by atoms with Crippen molar-refractivity contribution in [3.05, 3.63) is 76.3 Å². The molecule has 26 heavy (non-hydrogen) atoms. The molecule has 134 valence electrons. The maximum Gasteiger partial charge on any atom is 0.317 e. The van der Waals surface area contributed by atoms with Crippen LogP contribution in [0.15, 0.2) is 54.6 Å². The first kappa shape index (κ1) is 18.4. The van der Waals surface area contributed by atoms with Gasteiger partial charge in [0.05, 0.1) is 6.61 Å². The molecule has 2 aromatic carbocycles. The molecule has 1 aliphatic rings. The van der Waals surface area contributed by atoms with Crippen molar-refractivity contribution in [2.75, 3.05) is 6.61 Å². The van der Waals surface area contributed by atoms with E-state index < -0.39 is 11.9 Å². The number of esters is 1. The first-order chi connectivity index (χ1) is 12.5. The molecule has 0 saturated carbocycles. The van der Waals surface area contributed by atoms with Crippen molar-refractivity contribution in [2.45, 2.75) is 26.2 Å². The smallest absolute Gasteiger partial charge is 0.317 e. The van der Waals surface area contributed by atoms with E-state index in [4.69, 9.17) is 16.3 Å². The molecular weight excluding hydrogens is 348 g/mol. The number of hydrogen-bond acceptors (Lipinski definition) is 3. The maximum absolute atomic E-state index is 12.8. The van der Waals surface area contributed by atoms with Gasteiger partial charge in [-0.05, 0) is 55.2 Å². The lowest BCUT2D eigenvalue weighted by Gasteiger charge is -2.29. The van der Waals surface area contributed by atoms with Crippen molar-refractivity contribution in [1.29, 1.82) is 0 Å². The number of ketones is 1. The van der Waals surface area contributed by atoms with Crippen LogP contribution in [0.5, 0.6) is 0 Å². The monoisotopic (exact) mass is 368 g/mol. The topological polar surface area (TPSA) is 43.4 Å². The van der Waals surface area contributed by atoms with Crippen LogP contribution in [0.25, 0.3) is 5.57 Å². The van der Waals surface area contributed by atoms with E-state index >= 15 is 0 Å². The van der Waals surface area contributed by atoms with Crippen LogP contribution in [0.3, 0.4) is 0 Å². The molecule has 0 aliphatic heterocycles. The molecule has 0 amide bonds. The van der Waals surface area contributed by atoms with Crippen LogP contribution in [-0.4, -0.2) is 18.4 Å². The zero-order valence-corrected chi connectivity index (χ0v) is 15.6. The molecule has 0 bridgehead atoms. The highest BCUT2D eigenvalue weighted by molar-refractivity contribution is 6.30. The van der Waals surface area contributed by atoms with Gasteiger partial charge in [0.1, 0.15) is 5.92 Å². The van der Waals surface area contributed by atoms with Gasteiger partial charge in [0.25, 0.3) is 0 Å². The number of aryl methyl sites for hydroxylation is 1. The van der Waals surface area contributed by atoms with Gasteiger partial charge in [-0.3, -0.25) is 9.59 Å². The molecule has 3 rings (SSSR count). The third-order valence-corrected chi connectivity index (χ3v) is 4.94. The molecule has 3 nitrogen and oxygen atoms in total. The van der Waals surface area contributed by atoms with Crippen LogP contribution >= 0.6 is 11.6 Å². The van der Waals surface area contributed by atoms with Crippen molar-refractivity contribution >= 4 is 28.9 Å². The van der Waals surface area contributed by atoms with E-state index in [1.54, 1.807) is 25.1 Å². The summed E-state index contributed by atoms with van der Waals surface area (Å²) in [7, 11) is 0. The van der Waals surface area contributed by atoms with E-state index in [0.717, 1.165) is 22.3 Å². The Morgan fingerprint density at radius 2 is 1.92 bits per heavy atom. The summed E-state index contributed by atoms with van der Waals surface area (Å²) in [5.74, 6) is -1.74. The van der Waals surface area contributed by atoms with Gasteiger partial charge in [0.2, 0.25) is 0 Å². The van der Waals surface area contributed by atoms with Crippen molar-refractivity contribution < 1.29 is 14.3 Å². The van der Waals surface area contributed by atoms with E-state index in [2.05, 4.69) is 6.07 Å². The highest BCUT2D eigenvalue weighted by Crippen LogP contribution is 2.40. The first-order valence-corrected chi connectivity index (χ1v) is 9.11. The van der Waals surface area contributed by atoms with Gasteiger partial charge in [-0.25, -0.2) is 0 Å². The van der Waals surface area contributed by atoms with Gasteiger partial charge >= 0.3 is 5.97 Å². The molecule has 0 unspecified atom stereocenters. The Morgan fingerprint density at radius 3 is 2.58 bits per heavy atom. The summed E-state index contributed by atoms with van der Waals surface area (Å²) in [4.78, 5) is 25.3. The van der Waals surface area contributed by atoms with E-state index in [1.165, 1.54) is 0 Å². The first-order valence-electron chi connectivity index (χ1n) is 8.73. The molecule has 2 aromatic rings. The lowest BCUT2D eigenvalue weighted by atomic mass is 9.73. The third-order valence-electron chi connectivity index (χ3n) is 4.69. The van der Waals surface area contributed by atoms with Crippen LogP contribution in [-0.2, 0) is 14.3 Å². The predicted octanol–water partition coefficient (Wildman–Crippen LogP) is 4.97. The van der Waals surface area contributed by atoms with Gasteiger partial charge in [-0.15, -0.1) is 0 Å². The van der Waals surface area contributed by atoms with Crippen molar-refractivity contribution in [3.63, 3.8) is 0 Å². The van der Waals surface area contributed by atoms with E-state index in [0.29, 0.717) is 11.4 Å². The highest BCUT2D eigenvalue weighted by atomic mass is 35.5. The van der Waals surface area contributed by atoms with Crippen molar-refractivity contribution in [1.82, 2.24) is 0 Å². The summed E-state index contributed by atoms with van der Waals surface area (Å²) >= 11 is 6.00. The summed E-state index contributed by atoms with van der Waals surface area (Å²) < 4.78 is 5.17. The fourth-order valence-electron chi connectivity index (χ4n) is 3.45. The Balaban J connectivity index is 2.02. The number of benzene rings is 2. The fraction of sp³-hybridized carbons (Fsp3) is 0.273. The zero-order valence-electron chi connectivity index (χ0n) is 14.9. The van der Waals surface area contributed by atoms with Crippen LogP contribution in [0.2, 0.25) is 5.02 Å². The minimum Gasteiger partial charge on any atom is -0.465 e. The second-order valence-corrected chi connectivity index (χ2v) is 6.97. The van der Waals surface area contributed by atoms with E-state index in [9.17, 15) is 9.59 Å². The van der Waals surface area contributed by atoms with Crippen LogP contribution in [0, 0.1) is 12.8 Å². The molecule has 2 atom stereocenters. The number of ether oxygens (including phenoxy) is 1. The SMILES string of the molecule is CCOC(=O)[C@@H]1C(=O)C=C(c2cccc(C)c2)C[C@@H]1c1ccc(Cl)cc1. The van der Waals surface area contributed by atoms with Crippen molar-refractivity contribution in [3.8, 4) is 0 Å². The molecule has 0 saturated heterocycles. The highest BCUT2D eigenvalue weighted by Gasteiger charge is 2.39. The summed E-state index contributed by atoms with van der Waals surface area (Å²) in [5, 5.41) is 0.623. The Morgan fingerprint density at radius 1 is 1.19 bits per heavy atom. The summed E-state index contributed by atoms with van der Waals surface area (Å²) in [5.41, 5.74) is 4.00. The second kappa shape index (κ2) is 7.88. The summed E-state index contributed by atoms with van der Waals surface area (Å²) in [6, 6.07) is 15.4. The zero-order chi connectivity index (χ0) is 18.7. The van der Waals surface area contributed by atoms with Crippen LogP contribution < -0.4 is 0 Å². The minimum absolute atomic E-state index is 0.203. The normalized spacial score (nSPS) is 19.8. The summed E-state index contributed by atoms with van der Waals surface area (Å²) in [6.07, 6.45) is 2.20. The molecule has 0 fully saturated rings. The number of carbonyl (C=O) groups excluding carboxylic acids is 2. The predicted molar refractivity (Wildman–Crippen MR) is 103 cm³/mol. The third kappa shape index (κ3) is 3.88. The Kier molecular flexibility index (Phi) is 5.58. The molecule has 1 aliphatic carbocycles. The van der Waals surface area contributed by atoms with Crippen molar-refractivity contribution in [2.24, 2.45) is 5.92 Å². The molecule has 0 spiro atoms. The number of hydrogen-bond donors (Lipinski definition) is 0. The number of carbonyl (C=O) groups is 2. The van der Waals surface area contributed by atoms with Gasteiger partial charge < -0.3 is 4.74 Å². The summed E-state index contributed by atoms with van der Waals surface area (Å²) in [6.45, 7) is 4.02. The molecular formula is C22H21ClO3. The molecule has 0 N–H and O–H groups in total. The quantitative estimate of drug-likeness (QED) is 0.565. The second-order valence-electron chi connectivity index (χ2n) is 6.53. The van der Waals surface area contributed by atoms with Gasteiger partial charge in [-0.1, -0.05) is 53.6 Å². The van der Waals surface area contributed by atoms with Crippen LogP contribution in [0.4, 0.5) is 0 Å². The average Bonchev–Trinajstić information content (AvgIpc) is 2.62. The standard InChI is InChI=1S/C22H21ClO3/c1-3-26-22(25)21-19(15-7-9-18(23)10-8-15)12-17(13-20(21)24)16-6-4-5-14(2)11-16/h4-11,13,19,21H,3,12H2,1-2H3/t19-,21+/m1/s1. The van der Waals surface area contributed by atoms with Gasteiger partial charge in [0.15, 0.2) is 5.78 Å². The number of rotatable bonds is 4. The number of halogens is 1. The van der Waals surface area contributed by atoms with E-state index in [1.807, 2.05) is 37.3 Å².